The quantitative estimate of drug-likeness (QED) is 0.511. The average Bonchev–Trinajstić information content (AvgIpc) is 2.77. The molecular weight excluding hydrogens is 391 g/mol. The molecule has 2 aromatic carbocycles. The summed E-state index contributed by atoms with van der Waals surface area (Å²) in [7, 11) is 0. The SMILES string of the molecule is CC(=O)c1ccc(OCC(=O)OCC(=O)N2CCN(c3ccccc3F)CC2)cc1. The van der Waals surface area contributed by atoms with Gasteiger partial charge in [-0.15, -0.1) is 0 Å². The number of piperazine rings is 1. The summed E-state index contributed by atoms with van der Waals surface area (Å²) in [5, 5.41) is 0. The van der Waals surface area contributed by atoms with Gasteiger partial charge >= 0.3 is 5.97 Å². The fraction of sp³-hybridized carbons (Fsp3) is 0.318. The number of benzene rings is 2. The van der Waals surface area contributed by atoms with Crippen LogP contribution in [0.25, 0.3) is 0 Å². The van der Waals surface area contributed by atoms with Crippen molar-refractivity contribution in [3.8, 4) is 5.75 Å². The molecule has 158 valence electrons. The lowest BCUT2D eigenvalue weighted by Crippen LogP contribution is -2.50. The van der Waals surface area contributed by atoms with Crippen molar-refractivity contribution in [3.63, 3.8) is 0 Å². The number of Topliss-reactive ketones (excluding diaryl/α,β-unsaturated/α-hetero) is 1. The molecule has 1 aliphatic rings. The number of hydrogen-bond acceptors (Lipinski definition) is 6. The summed E-state index contributed by atoms with van der Waals surface area (Å²) >= 11 is 0. The fourth-order valence-electron chi connectivity index (χ4n) is 3.11. The van der Waals surface area contributed by atoms with E-state index >= 15 is 0 Å². The van der Waals surface area contributed by atoms with Crippen molar-refractivity contribution in [2.24, 2.45) is 0 Å². The van der Waals surface area contributed by atoms with E-state index in [9.17, 15) is 18.8 Å². The van der Waals surface area contributed by atoms with Crippen molar-refractivity contribution >= 4 is 23.3 Å². The summed E-state index contributed by atoms with van der Waals surface area (Å²) < 4.78 is 24.2. The Bertz CT molecular complexity index is 908. The predicted molar refractivity (Wildman–Crippen MR) is 108 cm³/mol. The van der Waals surface area contributed by atoms with E-state index in [2.05, 4.69) is 0 Å². The van der Waals surface area contributed by atoms with Crippen LogP contribution in [-0.4, -0.2) is 62.0 Å². The molecule has 0 atom stereocenters. The molecule has 8 heteroatoms. The Labute approximate surface area is 174 Å². The summed E-state index contributed by atoms with van der Waals surface area (Å²) in [4.78, 5) is 38.8. The highest BCUT2D eigenvalue weighted by Gasteiger charge is 2.23. The lowest BCUT2D eigenvalue weighted by Gasteiger charge is -2.36. The van der Waals surface area contributed by atoms with Gasteiger partial charge in [-0.2, -0.15) is 0 Å². The zero-order valence-corrected chi connectivity index (χ0v) is 16.7. The first kappa shape index (κ1) is 21.3. The minimum absolute atomic E-state index is 0.0609. The Morgan fingerprint density at radius 1 is 0.933 bits per heavy atom. The van der Waals surface area contributed by atoms with Crippen LogP contribution < -0.4 is 9.64 Å². The third kappa shape index (κ3) is 5.56. The van der Waals surface area contributed by atoms with Gasteiger partial charge in [-0.05, 0) is 43.3 Å². The van der Waals surface area contributed by atoms with Gasteiger partial charge in [0.05, 0.1) is 5.69 Å². The summed E-state index contributed by atoms with van der Waals surface area (Å²) in [5.41, 5.74) is 1.06. The molecule has 0 unspecified atom stereocenters. The fourth-order valence-corrected chi connectivity index (χ4v) is 3.11. The Balaban J connectivity index is 1.38. The van der Waals surface area contributed by atoms with Gasteiger partial charge < -0.3 is 19.3 Å². The van der Waals surface area contributed by atoms with Crippen LogP contribution in [0.1, 0.15) is 17.3 Å². The van der Waals surface area contributed by atoms with E-state index in [-0.39, 0.29) is 30.7 Å². The summed E-state index contributed by atoms with van der Waals surface area (Å²) in [5.74, 6) is -0.893. The van der Waals surface area contributed by atoms with Crippen molar-refractivity contribution in [1.29, 1.82) is 0 Å². The minimum Gasteiger partial charge on any atom is -0.482 e. The monoisotopic (exact) mass is 414 g/mol. The van der Waals surface area contributed by atoms with E-state index in [1.807, 2.05) is 4.90 Å². The number of amides is 1. The molecular formula is C22H23FN2O5. The number of ketones is 1. The topological polar surface area (TPSA) is 76.2 Å². The zero-order valence-electron chi connectivity index (χ0n) is 16.7. The normalized spacial score (nSPS) is 13.7. The molecule has 0 saturated carbocycles. The van der Waals surface area contributed by atoms with Crippen molar-refractivity contribution in [1.82, 2.24) is 4.90 Å². The van der Waals surface area contributed by atoms with E-state index in [1.54, 1.807) is 47.4 Å². The van der Waals surface area contributed by atoms with Crippen molar-refractivity contribution < 1.29 is 28.2 Å². The number of hydrogen-bond donors (Lipinski definition) is 0. The zero-order chi connectivity index (χ0) is 21.5. The molecule has 0 radical (unpaired) electrons. The Kier molecular flexibility index (Phi) is 7.00. The second kappa shape index (κ2) is 9.87. The highest BCUT2D eigenvalue weighted by Crippen LogP contribution is 2.20. The Morgan fingerprint density at radius 3 is 2.23 bits per heavy atom. The van der Waals surface area contributed by atoms with Gasteiger partial charge in [-0.3, -0.25) is 9.59 Å². The molecule has 1 heterocycles. The molecule has 7 nitrogen and oxygen atoms in total. The lowest BCUT2D eigenvalue weighted by atomic mass is 10.1. The van der Waals surface area contributed by atoms with Crippen LogP contribution in [0.5, 0.6) is 5.75 Å². The van der Waals surface area contributed by atoms with E-state index in [1.165, 1.54) is 13.0 Å². The van der Waals surface area contributed by atoms with Crippen LogP contribution in [0.2, 0.25) is 0 Å². The maximum Gasteiger partial charge on any atom is 0.344 e. The van der Waals surface area contributed by atoms with E-state index < -0.39 is 5.97 Å². The number of nitrogens with zero attached hydrogens (tertiary/aromatic N) is 2. The number of anilines is 1. The second-order valence-corrected chi connectivity index (χ2v) is 6.85. The van der Waals surface area contributed by atoms with E-state index in [4.69, 9.17) is 9.47 Å². The summed E-state index contributed by atoms with van der Waals surface area (Å²) in [6, 6.07) is 12.9. The van der Waals surface area contributed by atoms with Gasteiger partial charge in [0.25, 0.3) is 5.91 Å². The van der Waals surface area contributed by atoms with Crippen LogP contribution in [0.15, 0.2) is 48.5 Å². The Hall–Kier alpha value is -3.42. The molecule has 0 aromatic heterocycles. The van der Waals surface area contributed by atoms with Gasteiger partial charge in [-0.1, -0.05) is 12.1 Å². The first-order valence-electron chi connectivity index (χ1n) is 9.60. The molecule has 0 spiro atoms. The van der Waals surface area contributed by atoms with Crippen LogP contribution >= 0.6 is 0 Å². The molecule has 2 aromatic rings. The van der Waals surface area contributed by atoms with Gasteiger partial charge in [-0.25, -0.2) is 9.18 Å². The maximum atomic E-state index is 13.9. The number of para-hydroxylation sites is 1. The third-order valence-electron chi connectivity index (χ3n) is 4.80. The van der Waals surface area contributed by atoms with Crippen LogP contribution in [0.3, 0.4) is 0 Å². The molecule has 3 rings (SSSR count). The van der Waals surface area contributed by atoms with Crippen molar-refractivity contribution in [3.05, 3.63) is 59.9 Å². The molecule has 0 N–H and O–H groups in total. The third-order valence-corrected chi connectivity index (χ3v) is 4.80. The number of esters is 1. The molecule has 30 heavy (non-hydrogen) atoms. The molecule has 1 aliphatic heterocycles. The number of rotatable bonds is 7. The largest absolute Gasteiger partial charge is 0.482 e. The predicted octanol–water partition coefficient (Wildman–Crippen LogP) is 2.30. The highest BCUT2D eigenvalue weighted by atomic mass is 19.1. The van der Waals surface area contributed by atoms with Gasteiger partial charge in [0.15, 0.2) is 19.0 Å². The molecule has 1 amide bonds. The lowest BCUT2D eigenvalue weighted by molar-refractivity contribution is -0.153. The average molecular weight is 414 g/mol. The van der Waals surface area contributed by atoms with Crippen LogP contribution in [-0.2, 0) is 14.3 Å². The molecule has 1 saturated heterocycles. The first-order chi connectivity index (χ1) is 14.4. The van der Waals surface area contributed by atoms with Crippen molar-refractivity contribution in [2.45, 2.75) is 6.92 Å². The first-order valence-corrected chi connectivity index (χ1v) is 9.60. The van der Waals surface area contributed by atoms with Crippen LogP contribution in [0.4, 0.5) is 10.1 Å². The molecule has 0 bridgehead atoms. The van der Waals surface area contributed by atoms with Crippen molar-refractivity contribution in [2.75, 3.05) is 44.3 Å². The standard InChI is InChI=1S/C22H23FN2O5/c1-16(26)17-6-8-18(9-7-17)29-15-22(28)30-14-21(27)25-12-10-24(11-13-25)20-5-3-2-4-19(20)23/h2-9H,10-15H2,1H3. The Morgan fingerprint density at radius 2 is 1.60 bits per heavy atom. The van der Waals surface area contributed by atoms with E-state index in [0.717, 1.165) is 0 Å². The second-order valence-electron chi connectivity index (χ2n) is 6.85. The maximum absolute atomic E-state index is 13.9. The molecule has 1 fully saturated rings. The number of carbonyl (C=O) groups is 3. The minimum atomic E-state index is -0.663. The number of halogens is 1. The number of carbonyl (C=O) groups excluding carboxylic acids is 3. The van der Waals surface area contributed by atoms with Gasteiger partial charge in [0.1, 0.15) is 11.6 Å². The summed E-state index contributed by atoms with van der Waals surface area (Å²) in [6.07, 6.45) is 0. The van der Waals surface area contributed by atoms with E-state index in [0.29, 0.717) is 43.2 Å². The van der Waals surface area contributed by atoms with Gasteiger partial charge in [0, 0.05) is 31.7 Å². The summed E-state index contributed by atoms with van der Waals surface area (Å²) in [6.45, 7) is 2.59. The van der Waals surface area contributed by atoms with Crippen LogP contribution in [0, 0.1) is 5.82 Å². The van der Waals surface area contributed by atoms with Gasteiger partial charge in [0.2, 0.25) is 0 Å². The number of ether oxygens (including phenoxy) is 2. The smallest absolute Gasteiger partial charge is 0.344 e. The highest BCUT2D eigenvalue weighted by molar-refractivity contribution is 5.94. The molecule has 0 aliphatic carbocycles.